The minimum Gasteiger partial charge on any atom is -0.353 e. The second kappa shape index (κ2) is 2.92. The molecule has 2 aromatic heterocycles. The Hall–Kier alpha value is -2.16. The largest absolute Gasteiger partial charge is 0.353 e. The average Bonchev–Trinajstić information content (AvgIpc) is 2.47. The van der Waals surface area contributed by atoms with Crippen molar-refractivity contribution in [1.29, 1.82) is 5.41 Å². The number of H-pyrrole nitrogens is 1. The van der Waals surface area contributed by atoms with E-state index >= 15 is 0 Å². The number of hydrogen-bond acceptors (Lipinski definition) is 2. The molecule has 1 aromatic carbocycles. The summed E-state index contributed by atoms with van der Waals surface area (Å²) in [6.07, 6.45) is 3.30. The van der Waals surface area contributed by atoms with Crippen molar-refractivity contribution < 1.29 is 0 Å². The Morgan fingerprint density at radius 2 is 1.87 bits per heavy atom. The number of aromatic amines is 1. The second-order valence-corrected chi connectivity index (χ2v) is 3.50. The van der Waals surface area contributed by atoms with Crippen LogP contribution in [0.3, 0.4) is 0 Å². The van der Waals surface area contributed by atoms with Crippen LogP contribution in [0.1, 0.15) is 0 Å². The standard InChI is InChI=1S/C12H9N3/c13-8-5-10-9-3-1-2-4-11(9)15-12(10)7-14-6-8/h1-7,13,15H. The van der Waals surface area contributed by atoms with Crippen LogP contribution in [0.5, 0.6) is 0 Å². The molecule has 0 fully saturated rings. The van der Waals surface area contributed by atoms with Gasteiger partial charge in [0.15, 0.2) is 0 Å². The highest BCUT2D eigenvalue weighted by atomic mass is 14.7. The normalized spacial score (nSPS) is 10.9. The summed E-state index contributed by atoms with van der Waals surface area (Å²) < 4.78 is 0. The van der Waals surface area contributed by atoms with Crippen LogP contribution in [0.15, 0.2) is 42.7 Å². The van der Waals surface area contributed by atoms with Crippen molar-refractivity contribution in [2.45, 2.75) is 0 Å². The highest BCUT2D eigenvalue weighted by Crippen LogP contribution is 2.22. The summed E-state index contributed by atoms with van der Waals surface area (Å²) in [5.41, 5.74) is 2.05. The van der Waals surface area contributed by atoms with Gasteiger partial charge < -0.3 is 4.98 Å². The molecule has 0 radical (unpaired) electrons. The van der Waals surface area contributed by atoms with Crippen LogP contribution in [-0.2, 0) is 0 Å². The minimum absolute atomic E-state index is 0.426. The fourth-order valence-electron chi connectivity index (χ4n) is 1.83. The van der Waals surface area contributed by atoms with E-state index in [-0.39, 0.29) is 0 Å². The van der Waals surface area contributed by atoms with Crippen LogP contribution in [0.2, 0.25) is 0 Å². The van der Waals surface area contributed by atoms with Crippen molar-refractivity contribution in [3.05, 3.63) is 48.1 Å². The molecule has 15 heavy (non-hydrogen) atoms. The second-order valence-electron chi connectivity index (χ2n) is 3.50. The van der Waals surface area contributed by atoms with Crippen molar-refractivity contribution in [3.63, 3.8) is 0 Å². The van der Waals surface area contributed by atoms with E-state index in [1.807, 2.05) is 30.3 Å². The maximum absolute atomic E-state index is 7.63. The first kappa shape index (κ1) is 8.17. The summed E-state index contributed by atoms with van der Waals surface area (Å²) in [7, 11) is 0. The van der Waals surface area contributed by atoms with Crippen molar-refractivity contribution >= 4 is 21.8 Å². The summed E-state index contributed by atoms with van der Waals surface area (Å²) in [5.74, 6) is 0. The molecule has 2 N–H and O–H groups in total. The van der Waals surface area contributed by atoms with Crippen LogP contribution in [0, 0.1) is 5.41 Å². The van der Waals surface area contributed by atoms with E-state index in [0.29, 0.717) is 5.36 Å². The zero-order chi connectivity index (χ0) is 10.3. The van der Waals surface area contributed by atoms with Crippen LogP contribution in [-0.4, -0.2) is 9.97 Å². The number of fused-ring (bicyclic) bond motifs is 3. The Labute approximate surface area is 85.9 Å². The third kappa shape index (κ3) is 1.21. The molecular weight excluding hydrogens is 186 g/mol. The van der Waals surface area contributed by atoms with E-state index in [2.05, 4.69) is 9.97 Å². The summed E-state index contributed by atoms with van der Waals surface area (Å²) in [6, 6.07) is 9.90. The number of para-hydroxylation sites is 1. The fraction of sp³-hybridized carbons (Fsp3) is 0. The molecule has 0 spiro atoms. The number of hydrogen-bond donors (Lipinski definition) is 2. The lowest BCUT2D eigenvalue weighted by Gasteiger charge is -1.86. The molecule has 3 heteroatoms. The molecule has 0 saturated carbocycles. The van der Waals surface area contributed by atoms with Gasteiger partial charge in [-0.3, -0.25) is 10.4 Å². The predicted molar refractivity (Wildman–Crippen MR) is 59.5 cm³/mol. The SMILES string of the molecule is N=c1cncc2[nH]c3ccccc3c2c1. The summed E-state index contributed by atoms with van der Waals surface area (Å²) in [5, 5.41) is 10.2. The predicted octanol–water partition coefficient (Wildman–Crippen LogP) is 2.20. The first-order chi connectivity index (χ1) is 7.34. The first-order valence-corrected chi connectivity index (χ1v) is 4.75. The van der Waals surface area contributed by atoms with E-state index in [4.69, 9.17) is 5.41 Å². The number of rotatable bonds is 0. The Morgan fingerprint density at radius 1 is 1.00 bits per heavy atom. The van der Waals surface area contributed by atoms with Crippen molar-refractivity contribution in [3.8, 4) is 0 Å². The molecule has 0 aliphatic carbocycles. The van der Waals surface area contributed by atoms with Crippen LogP contribution < -0.4 is 5.36 Å². The van der Waals surface area contributed by atoms with Crippen molar-refractivity contribution in [2.24, 2.45) is 0 Å². The monoisotopic (exact) mass is 195 g/mol. The molecule has 3 rings (SSSR count). The van der Waals surface area contributed by atoms with E-state index in [1.165, 1.54) is 0 Å². The third-order valence-electron chi connectivity index (χ3n) is 2.49. The number of benzene rings is 1. The first-order valence-electron chi connectivity index (χ1n) is 4.75. The number of nitrogens with one attached hydrogen (secondary N) is 2. The molecule has 0 bridgehead atoms. The van der Waals surface area contributed by atoms with Gasteiger partial charge in [0.05, 0.1) is 23.3 Å². The van der Waals surface area contributed by atoms with Crippen LogP contribution >= 0.6 is 0 Å². The van der Waals surface area contributed by atoms with Crippen LogP contribution in [0.25, 0.3) is 21.8 Å². The zero-order valence-electron chi connectivity index (χ0n) is 7.99. The van der Waals surface area contributed by atoms with Crippen molar-refractivity contribution in [2.75, 3.05) is 0 Å². The molecule has 3 nitrogen and oxygen atoms in total. The van der Waals surface area contributed by atoms with Gasteiger partial charge in [-0.15, -0.1) is 0 Å². The molecule has 0 unspecified atom stereocenters. The topological polar surface area (TPSA) is 52.5 Å². The Kier molecular flexibility index (Phi) is 1.59. The highest BCUT2D eigenvalue weighted by molar-refractivity contribution is 6.06. The molecule has 3 aromatic rings. The molecule has 0 amide bonds. The lowest BCUT2D eigenvalue weighted by molar-refractivity contribution is 1.22. The maximum atomic E-state index is 7.63. The molecule has 0 aliphatic heterocycles. The van der Waals surface area contributed by atoms with Gasteiger partial charge in [0.2, 0.25) is 0 Å². The van der Waals surface area contributed by atoms with Gasteiger partial charge in [0, 0.05) is 16.3 Å². The fourth-order valence-corrected chi connectivity index (χ4v) is 1.83. The van der Waals surface area contributed by atoms with Gasteiger partial charge in [0.25, 0.3) is 0 Å². The molecule has 0 aliphatic rings. The Balaban J connectivity index is 2.65. The highest BCUT2D eigenvalue weighted by Gasteiger charge is 2.01. The van der Waals surface area contributed by atoms with E-state index in [9.17, 15) is 0 Å². The van der Waals surface area contributed by atoms with E-state index in [0.717, 1.165) is 21.8 Å². The third-order valence-corrected chi connectivity index (χ3v) is 2.49. The van der Waals surface area contributed by atoms with Gasteiger partial charge in [-0.25, -0.2) is 0 Å². The number of aromatic nitrogens is 2. The number of nitrogens with zero attached hydrogens (tertiary/aromatic N) is 1. The van der Waals surface area contributed by atoms with Gasteiger partial charge in [-0.2, -0.15) is 0 Å². The van der Waals surface area contributed by atoms with Gasteiger partial charge in [-0.05, 0) is 12.1 Å². The Morgan fingerprint density at radius 3 is 2.80 bits per heavy atom. The molecular formula is C12H9N3. The van der Waals surface area contributed by atoms with E-state index in [1.54, 1.807) is 12.4 Å². The molecule has 0 saturated heterocycles. The summed E-state index contributed by atoms with van der Waals surface area (Å²) in [4.78, 5) is 7.33. The average molecular weight is 195 g/mol. The van der Waals surface area contributed by atoms with Gasteiger partial charge in [0.1, 0.15) is 0 Å². The molecule has 2 heterocycles. The van der Waals surface area contributed by atoms with Gasteiger partial charge >= 0.3 is 0 Å². The summed E-state index contributed by atoms with van der Waals surface area (Å²) in [6.45, 7) is 0. The summed E-state index contributed by atoms with van der Waals surface area (Å²) >= 11 is 0. The lowest BCUT2D eigenvalue weighted by atomic mass is 10.2. The minimum atomic E-state index is 0.426. The van der Waals surface area contributed by atoms with Gasteiger partial charge in [-0.1, -0.05) is 18.2 Å². The maximum Gasteiger partial charge on any atom is 0.0729 e. The molecule has 0 atom stereocenters. The van der Waals surface area contributed by atoms with Crippen LogP contribution in [0.4, 0.5) is 0 Å². The Bertz CT molecular complexity index is 698. The molecule has 72 valence electrons. The van der Waals surface area contributed by atoms with E-state index < -0.39 is 0 Å². The smallest absolute Gasteiger partial charge is 0.0729 e. The zero-order valence-corrected chi connectivity index (χ0v) is 7.99. The lowest BCUT2D eigenvalue weighted by Crippen LogP contribution is -1.91. The van der Waals surface area contributed by atoms with Crippen molar-refractivity contribution in [1.82, 2.24) is 9.97 Å². The quantitative estimate of drug-likeness (QED) is 0.567.